The highest BCUT2D eigenvalue weighted by Gasteiger charge is 2.48. The number of hydrogen-bond acceptors (Lipinski definition) is 4. The number of nitrogens with zero attached hydrogens (tertiary/aromatic N) is 3. The van der Waals surface area contributed by atoms with Crippen molar-refractivity contribution in [3.8, 4) is 0 Å². The molecule has 0 bridgehead atoms. The lowest BCUT2D eigenvalue weighted by molar-refractivity contribution is -0.203. The van der Waals surface area contributed by atoms with E-state index in [4.69, 9.17) is 19.7 Å². The zero-order valence-corrected chi connectivity index (χ0v) is 8.21. The Morgan fingerprint density at radius 2 is 2.29 bits per heavy atom. The number of hydrogen-bond donors (Lipinski definition) is 0. The Morgan fingerprint density at radius 3 is 2.93 bits per heavy atom. The van der Waals surface area contributed by atoms with Gasteiger partial charge in [0.2, 0.25) is 0 Å². The van der Waals surface area contributed by atoms with E-state index in [9.17, 15) is 0 Å². The Labute approximate surface area is 81.8 Å². The largest absolute Gasteiger partial charge is 0.346 e. The van der Waals surface area contributed by atoms with Gasteiger partial charge in [0.1, 0.15) is 6.10 Å². The Kier molecular flexibility index (Phi) is 2.36. The van der Waals surface area contributed by atoms with Gasteiger partial charge in [0.05, 0.1) is 12.6 Å². The predicted molar refractivity (Wildman–Crippen MR) is 47.3 cm³/mol. The second kappa shape index (κ2) is 3.40. The fourth-order valence-corrected chi connectivity index (χ4v) is 1.83. The van der Waals surface area contributed by atoms with Crippen molar-refractivity contribution in [3.05, 3.63) is 10.4 Å². The smallest absolute Gasteiger partial charge is 0.187 e. The van der Waals surface area contributed by atoms with E-state index in [1.54, 1.807) is 0 Å². The molecule has 2 heterocycles. The summed E-state index contributed by atoms with van der Waals surface area (Å²) in [6.07, 6.45) is 0.331. The Balaban J connectivity index is 1.90. The second-order valence-corrected chi connectivity index (χ2v) is 3.95. The maximum Gasteiger partial charge on any atom is 0.187 e. The lowest BCUT2D eigenvalue weighted by Crippen LogP contribution is -2.25. The summed E-state index contributed by atoms with van der Waals surface area (Å²) in [4.78, 5) is 2.69. The van der Waals surface area contributed by atoms with Crippen molar-refractivity contribution in [1.29, 1.82) is 0 Å². The predicted octanol–water partition coefficient (Wildman–Crippen LogP) is 1.56. The summed E-state index contributed by atoms with van der Waals surface area (Å²) in [5, 5.41) is 3.46. The van der Waals surface area contributed by atoms with E-state index in [-0.39, 0.29) is 18.5 Å². The second-order valence-electron chi connectivity index (χ2n) is 3.95. The molecule has 0 radical (unpaired) electrons. The SMILES string of the molecule is CC1(C)O[C@H]2O[C@H](CN=[N+]=[N-])C[C@H]2O1. The molecule has 0 unspecified atom stereocenters. The number of fused-ring (bicyclic) bond motifs is 1. The summed E-state index contributed by atoms with van der Waals surface area (Å²) in [7, 11) is 0. The van der Waals surface area contributed by atoms with Crippen LogP contribution in [-0.4, -0.2) is 30.8 Å². The van der Waals surface area contributed by atoms with Crippen molar-refractivity contribution >= 4 is 0 Å². The molecule has 0 aromatic rings. The fraction of sp³-hybridized carbons (Fsp3) is 1.00. The van der Waals surface area contributed by atoms with Gasteiger partial charge >= 0.3 is 0 Å². The number of ether oxygens (including phenoxy) is 3. The van der Waals surface area contributed by atoms with Crippen molar-refractivity contribution in [1.82, 2.24) is 0 Å². The Hall–Kier alpha value is -0.810. The molecule has 2 rings (SSSR count). The van der Waals surface area contributed by atoms with Gasteiger partial charge in [-0.25, -0.2) is 0 Å². The molecule has 6 nitrogen and oxygen atoms in total. The van der Waals surface area contributed by atoms with Gasteiger partial charge in [-0.1, -0.05) is 5.11 Å². The monoisotopic (exact) mass is 199 g/mol. The van der Waals surface area contributed by atoms with Crippen molar-refractivity contribution in [2.24, 2.45) is 5.11 Å². The number of rotatable bonds is 2. The summed E-state index contributed by atoms with van der Waals surface area (Å²) >= 11 is 0. The average Bonchev–Trinajstić information content (AvgIpc) is 2.53. The zero-order valence-electron chi connectivity index (χ0n) is 8.21. The van der Waals surface area contributed by atoms with Crippen LogP contribution >= 0.6 is 0 Å². The van der Waals surface area contributed by atoms with E-state index < -0.39 is 5.79 Å². The molecular formula is C8H13N3O3. The topological polar surface area (TPSA) is 76.5 Å². The highest BCUT2D eigenvalue weighted by Crippen LogP contribution is 2.36. The van der Waals surface area contributed by atoms with Crippen LogP contribution in [0.2, 0.25) is 0 Å². The quantitative estimate of drug-likeness (QED) is 0.384. The van der Waals surface area contributed by atoms with E-state index in [0.29, 0.717) is 6.54 Å². The minimum atomic E-state index is -0.557. The first-order valence-corrected chi connectivity index (χ1v) is 4.63. The highest BCUT2D eigenvalue weighted by molar-refractivity contribution is 4.85. The Bertz CT molecular complexity index is 259. The van der Waals surface area contributed by atoms with E-state index in [0.717, 1.165) is 6.42 Å². The molecule has 0 aliphatic carbocycles. The van der Waals surface area contributed by atoms with Crippen LogP contribution in [0.5, 0.6) is 0 Å². The third-order valence-electron chi connectivity index (χ3n) is 2.31. The first kappa shape index (κ1) is 9.73. The standard InChI is InChI=1S/C8H13N3O3/c1-8(2)13-6-3-5(4-10-11-9)12-7(6)14-8/h5-7H,3-4H2,1-2H3/t5-,6+,7+/m0/s1. The Morgan fingerprint density at radius 1 is 1.50 bits per heavy atom. The van der Waals surface area contributed by atoms with Crippen molar-refractivity contribution in [3.63, 3.8) is 0 Å². The van der Waals surface area contributed by atoms with Gasteiger partial charge in [0.15, 0.2) is 12.1 Å². The number of azide groups is 1. The van der Waals surface area contributed by atoms with Gasteiger partial charge < -0.3 is 14.2 Å². The van der Waals surface area contributed by atoms with Gasteiger partial charge in [-0.15, -0.1) is 0 Å². The maximum atomic E-state index is 8.15. The molecular weight excluding hydrogens is 186 g/mol. The summed E-state index contributed by atoms with van der Waals surface area (Å²) in [6.45, 7) is 4.06. The molecule has 2 aliphatic rings. The van der Waals surface area contributed by atoms with Gasteiger partial charge in [-0.2, -0.15) is 0 Å². The van der Waals surface area contributed by atoms with E-state index in [1.807, 2.05) is 13.8 Å². The molecule has 14 heavy (non-hydrogen) atoms. The summed E-state index contributed by atoms with van der Waals surface area (Å²) in [6, 6.07) is 0. The summed E-state index contributed by atoms with van der Waals surface area (Å²) < 4.78 is 16.6. The van der Waals surface area contributed by atoms with E-state index in [1.165, 1.54) is 0 Å². The first-order valence-electron chi connectivity index (χ1n) is 4.63. The van der Waals surface area contributed by atoms with Gasteiger partial charge in [0.25, 0.3) is 0 Å². The molecule has 0 aromatic carbocycles. The fourth-order valence-electron chi connectivity index (χ4n) is 1.83. The van der Waals surface area contributed by atoms with Gasteiger partial charge in [-0.05, 0) is 19.4 Å². The molecule has 2 saturated heterocycles. The lowest BCUT2D eigenvalue weighted by Gasteiger charge is -2.19. The van der Waals surface area contributed by atoms with E-state index in [2.05, 4.69) is 10.0 Å². The van der Waals surface area contributed by atoms with Crippen LogP contribution in [0.4, 0.5) is 0 Å². The van der Waals surface area contributed by atoms with Gasteiger partial charge in [0, 0.05) is 11.3 Å². The lowest BCUT2D eigenvalue weighted by atomic mass is 10.2. The van der Waals surface area contributed by atoms with Crippen LogP contribution in [0.1, 0.15) is 20.3 Å². The van der Waals surface area contributed by atoms with Crippen LogP contribution < -0.4 is 0 Å². The minimum absolute atomic E-state index is 0.0242. The van der Waals surface area contributed by atoms with Crippen LogP contribution in [0, 0.1) is 0 Å². The van der Waals surface area contributed by atoms with Gasteiger partial charge in [-0.3, -0.25) is 0 Å². The van der Waals surface area contributed by atoms with Crippen LogP contribution in [-0.2, 0) is 14.2 Å². The molecule has 78 valence electrons. The molecule has 0 aromatic heterocycles. The molecule has 0 amide bonds. The molecule has 6 heteroatoms. The normalized spacial score (nSPS) is 39.1. The molecule has 0 spiro atoms. The van der Waals surface area contributed by atoms with Crippen LogP contribution in [0.25, 0.3) is 10.4 Å². The minimum Gasteiger partial charge on any atom is -0.346 e. The summed E-state index contributed by atoms with van der Waals surface area (Å²) in [5.74, 6) is -0.557. The molecule has 2 aliphatic heterocycles. The van der Waals surface area contributed by atoms with Crippen molar-refractivity contribution in [2.45, 2.75) is 44.6 Å². The molecule has 3 atom stereocenters. The third-order valence-corrected chi connectivity index (χ3v) is 2.31. The van der Waals surface area contributed by atoms with E-state index >= 15 is 0 Å². The first-order chi connectivity index (χ1) is 6.61. The summed E-state index contributed by atoms with van der Waals surface area (Å²) in [5.41, 5.74) is 8.15. The molecule has 0 saturated carbocycles. The van der Waals surface area contributed by atoms with Crippen molar-refractivity contribution < 1.29 is 14.2 Å². The van der Waals surface area contributed by atoms with Crippen molar-refractivity contribution in [2.75, 3.05) is 6.54 Å². The zero-order chi connectivity index (χ0) is 10.2. The third kappa shape index (κ3) is 1.83. The van der Waals surface area contributed by atoms with Crippen LogP contribution in [0.15, 0.2) is 5.11 Å². The highest BCUT2D eigenvalue weighted by atomic mass is 16.8. The average molecular weight is 199 g/mol. The van der Waals surface area contributed by atoms with Crippen LogP contribution in [0.3, 0.4) is 0 Å². The molecule has 0 N–H and O–H groups in total. The molecule has 2 fully saturated rings. The maximum absolute atomic E-state index is 8.15.